The molecule has 0 radical (unpaired) electrons. The van der Waals surface area contributed by atoms with Crippen molar-refractivity contribution >= 4 is 35.0 Å². The maximum atomic E-state index is 13.1. The van der Waals surface area contributed by atoms with Crippen molar-refractivity contribution in [2.75, 3.05) is 0 Å². The zero-order valence-electron chi connectivity index (χ0n) is 10.9. The molecule has 0 saturated carbocycles. The maximum absolute atomic E-state index is 13.1. The maximum Gasteiger partial charge on any atom is 0.142 e. The summed E-state index contributed by atoms with van der Waals surface area (Å²) < 4.78 is 13.1. The molecule has 2 aromatic rings. The first-order chi connectivity index (χ1) is 9.60. The molecule has 0 unspecified atom stereocenters. The van der Waals surface area contributed by atoms with Crippen LogP contribution in [0.4, 0.5) is 4.39 Å². The van der Waals surface area contributed by atoms with Gasteiger partial charge in [0.2, 0.25) is 0 Å². The zero-order valence-corrected chi connectivity index (χ0v) is 13.2. The molecule has 1 heterocycles. The second-order valence-electron chi connectivity index (χ2n) is 4.20. The Morgan fingerprint density at radius 1 is 1.20 bits per heavy atom. The van der Waals surface area contributed by atoms with Crippen molar-refractivity contribution in [3.8, 4) is 0 Å². The van der Waals surface area contributed by atoms with E-state index in [1.54, 1.807) is 6.07 Å². The molecule has 0 fully saturated rings. The molecule has 2 rings (SSSR count). The van der Waals surface area contributed by atoms with E-state index >= 15 is 0 Å². The van der Waals surface area contributed by atoms with E-state index in [0.717, 1.165) is 23.3 Å². The lowest BCUT2D eigenvalue weighted by molar-refractivity contribution is 0.624. The number of aromatic nitrogens is 2. The quantitative estimate of drug-likeness (QED) is 0.558. The molecule has 0 bridgehead atoms. The Labute approximate surface area is 131 Å². The topological polar surface area (TPSA) is 25.8 Å². The SMILES string of the molecule is CCCc1c(Cl)nc(CSc2cccc(F)c2)nc1Cl. The molecule has 0 atom stereocenters. The lowest BCUT2D eigenvalue weighted by Crippen LogP contribution is -1.99. The van der Waals surface area contributed by atoms with E-state index in [1.165, 1.54) is 23.9 Å². The lowest BCUT2D eigenvalue weighted by Gasteiger charge is -2.07. The van der Waals surface area contributed by atoms with Crippen LogP contribution in [-0.2, 0) is 12.2 Å². The summed E-state index contributed by atoms with van der Waals surface area (Å²) in [5, 5.41) is 0.809. The first kappa shape index (κ1) is 15.5. The fourth-order valence-electron chi connectivity index (χ4n) is 1.70. The smallest absolute Gasteiger partial charge is 0.142 e. The summed E-state index contributed by atoms with van der Waals surface area (Å²) in [5.41, 5.74) is 0.787. The van der Waals surface area contributed by atoms with Gasteiger partial charge in [-0.2, -0.15) is 0 Å². The van der Waals surface area contributed by atoms with E-state index in [-0.39, 0.29) is 5.82 Å². The summed E-state index contributed by atoms with van der Waals surface area (Å²) in [7, 11) is 0. The van der Waals surface area contributed by atoms with Crippen molar-refractivity contribution in [3.05, 3.63) is 51.8 Å². The van der Waals surface area contributed by atoms with Gasteiger partial charge in [0.1, 0.15) is 21.9 Å². The first-order valence-corrected chi connectivity index (χ1v) is 7.93. The molecule has 1 aromatic carbocycles. The molecule has 20 heavy (non-hydrogen) atoms. The fraction of sp³-hybridized carbons (Fsp3) is 0.286. The first-order valence-electron chi connectivity index (χ1n) is 6.19. The molecule has 0 aliphatic heterocycles. The van der Waals surface area contributed by atoms with Gasteiger partial charge in [0, 0.05) is 10.5 Å². The van der Waals surface area contributed by atoms with Crippen LogP contribution in [0.3, 0.4) is 0 Å². The van der Waals surface area contributed by atoms with E-state index in [4.69, 9.17) is 23.2 Å². The number of thioether (sulfide) groups is 1. The molecule has 106 valence electrons. The largest absolute Gasteiger partial charge is 0.220 e. The Morgan fingerprint density at radius 2 is 1.90 bits per heavy atom. The highest BCUT2D eigenvalue weighted by Crippen LogP contribution is 2.26. The van der Waals surface area contributed by atoms with Gasteiger partial charge in [-0.15, -0.1) is 11.8 Å². The predicted molar refractivity (Wildman–Crippen MR) is 82.0 cm³/mol. The molecule has 0 aliphatic carbocycles. The summed E-state index contributed by atoms with van der Waals surface area (Å²) in [6.07, 6.45) is 1.69. The third kappa shape index (κ3) is 4.08. The Balaban J connectivity index is 2.10. The summed E-state index contributed by atoms with van der Waals surface area (Å²) >= 11 is 13.7. The molecule has 2 nitrogen and oxygen atoms in total. The summed E-state index contributed by atoms with van der Waals surface area (Å²) in [6.45, 7) is 2.04. The minimum Gasteiger partial charge on any atom is -0.220 e. The summed E-state index contributed by atoms with van der Waals surface area (Å²) in [6, 6.07) is 6.39. The van der Waals surface area contributed by atoms with Crippen molar-refractivity contribution in [1.82, 2.24) is 9.97 Å². The highest BCUT2D eigenvalue weighted by Gasteiger charge is 2.11. The Hall–Kier alpha value is -0.840. The molecule has 0 aliphatic rings. The van der Waals surface area contributed by atoms with Crippen molar-refractivity contribution < 1.29 is 4.39 Å². The number of hydrogen-bond donors (Lipinski definition) is 0. The van der Waals surface area contributed by atoms with Crippen LogP contribution in [0.1, 0.15) is 24.7 Å². The minimum atomic E-state index is -0.259. The molecule has 0 spiro atoms. The van der Waals surface area contributed by atoms with E-state index in [9.17, 15) is 4.39 Å². The molecule has 0 N–H and O–H groups in total. The normalized spacial score (nSPS) is 10.8. The fourth-order valence-corrected chi connectivity index (χ4v) is 3.10. The number of hydrogen-bond acceptors (Lipinski definition) is 3. The van der Waals surface area contributed by atoms with Crippen molar-refractivity contribution in [3.63, 3.8) is 0 Å². The van der Waals surface area contributed by atoms with Gasteiger partial charge in [-0.05, 0) is 24.6 Å². The van der Waals surface area contributed by atoms with Gasteiger partial charge in [-0.3, -0.25) is 0 Å². The Morgan fingerprint density at radius 3 is 2.50 bits per heavy atom. The Kier molecular flexibility index (Phi) is 5.64. The van der Waals surface area contributed by atoms with E-state index in [2.05, 4.69) is 9.97 Å². The minimum absolute atomic E-state index is 0.259. The van der Waals surface area contributed by atoms with Crippen LogP contribution in [0.5, 0.6) is 0 Å². The third-order valence-electron chi connectivity index (χ3n) is 2.62. The Bertz CT molecular complexity index is 584. The number of halogens is 3. The van der Waals surface area contributed by atoms with Crippen molar-refractivity contribution in [1.29, 1.82) is 0 Å². The molecule has 0 amide bonds. The zero-order chi connectivity index (χ0) is 14.5. The van der Waals surface area contributed by atoms with Crippen LogP contribution in [0.25, 0.3) is 0 Å². The van der Waals surface area contributed by atoms with Crippen molar-refractivity contribution in [2.45, 2.75) is 30.4 Å². The number of nitrogens with zero attached hydrogens (tertiary/aromatic N) is 2. The van der Waals surface area contributed by atoms with Crippen LogP contribution in [-0.4, -0.2) is 9.97 Å². The second-order valence-corrected chi connectivity index (χ2v) is 5.96. The molecule has 6 heteroatoms. The standard InChI is InChI=1S/C14H13Cl2FN2S/c1-2-4-11-13(15)18-12(19-14(11)16)8-20-10-6-3-5-9(17)7-10/h3,5-7H,2,4,8H2,1H3. The van der Waals surface area contributed by atoms with Crippen LogP contribution in [0.15, 0.2) is 29.2 Å². The lowest BCUT2D eigenvalue weighted by atomic mass is 10.2. The van der Waals surface area contributed by atoms with Gasteiger partial charge in [-0.25, -0.2) is 14.4 Å². The van der Waals surface area contributed by atoms with Gasteiger partial charge in [-0.1, -0.05) is 42.6 Å². The molecule has 0 saturated heterocycles. The second kappa shape index (κ2) is 7.25. The van der Waals surface area contributed by atoms with E-state index in [1.807, 2.05) is 13.0 Å². The molecule has 1 aromatic heterocycles. The van der Waals surface area contributed by atoms with Crippen LogP contribution >= 0.6 is 35.0 Å². The monoisotopic (exact) mass is 330 g/mol. The molecular weight excluding hydrogens is 318 g/mol. The van der Waals surface area contributed by atoms with Crippen LogP contribution < -0.4 is 0 Å². The van der Waals surface area contributed by atoms with Gasteiger partial charge >= 0.3 is 0 Å². The van der Waals surface area contributed by atoms with Gasteiger partial charge in [0.05, 0.1) is 5.75 Å². The van der Waals surface area contributed by atoms with E-state index in [0.29, 0.717) is 21.9 Å². The molecular formula is C14H13Cl2FN2S. The van der Waals surface area contributed by atoms with Gasteiger partial charge in [0.25, 0.3) is 0 Å². The predicted octanol–water partition coefficient (Wildman–Crippen LogP) is 5.17. The van der Waals surface area contributed by atoms with Crippen LogP contribution in [0.2, 0.25) is 10.3 Å². The van der Waals surface area contributed by atoms with E-state index < -0.39 is 0 Å². The average Bonchev–Trinajstić information content (AvgIpc) is 2.41. The summed E-state index contributed by atoms with van der Waals surface area (Å²) in [4.78, 5) is 9.31. The highest BCUT2D eigenvalue weighted by atomic mass is 35.5. The highest BCUT2D eigenvalue weighted by molar-refractivity contribution is 7.98. The van der Waals surface area contributed by atoms with Gasteiger partial charge < -0.3 is 0 Å². The number of benzene rings is 1. The van der Waals surface area contributed by atoms with Crippen LogP contribution in [0, 0.1) is 5.82 Å². The third-order valence-corrected chi connectivity index (χ3v) is 4.23. The average molecular weight is 331 g/mol. The van der Waals surface area contributed by atoms with Gasteiger partial charge in [0.15, 0.2) is 0 Å². The summed E-state index contributed by atoms with van der Waals surface area (Å²) in [5.74, 6) is 0.786. The number of rotatable bonds is 5. The van der Waals surface area contributed by atoms with Crippen molar-refractivity contribution in [2.24, 2.45) is 0 Å².